The van der Waals surface area contributed by atoms with Gasteiger partial charge in [-0.3, -0.25) is 14.6 Å². The number of ether oxygens (including phenoxy) is 2. The van der Waals surface area contributed by atoms with Crippen molar-refractivity contribution in [2.75, 3.05) is 6.54 Å². The van der Waals surface area contributed by atoms with E-state index in [1.807, 2.05) is 0 Å². The van der Waals surface area contributed by atoms with E-state index in [2.05, 4.69) is 16.7 Å². The van der Waals surface area contributed by atoms with E-state index in [0.717, 1.165) is 32.6 Å². The van der Waals surface area contributed by atoms with E-state index in [-0.39, 0.29) is 18.7 Å². The Labute approximate surface area is 148 Å². The topological polar surface area (TPSA) is 82.0 Å². The van der Waals surface area contributed by atoms with E-state index in [9.17, 15) is 14.4 Å². The number of rotatable bonds is 9. The van der Waals surface area contributed by atoms with Crippen molar-refractivity contribution in [3.05, 3.63) is 35.9 Å². The lowest BCUT2D eigenvalue weighted by molar-refractivity contribution is -0.157. The Morgan fingerprint density at radius 2 is 1.68 bits per heavy atom. The summed E-state index contributed by atoms with van der Waals surface area (Å²) in [7, 11) is 0. The SMILES string of the molecule is CCCCCCN=C(CCC(=O)OC(C)=O)OC(=O)c1ccccc1. The second-order valence-corrected chi connectivity index (χ2v) is 5.56. The smallest absolute Gasteiger partial charge is 0.344 e. The molecule has 0 heterocycles. The van der Waals surface area contributed by atoms with Crippen molar-refractivity contribution in [1.82, 2.24) is 0 Å². The van der Waals surface area contributed by atoms with Crippen molar-refractivity contribution in [2.45, 2.75) is 52.4 Å². The molecule has 6 nitrogen and oxygen atoms in total. The van der Waals surface area contributed by atoms with Gasteiger partial charge in [-0.2, -0.15) is 0 Å². The highest BCUT2D eigenvalue weighted by Crippen LogP contribution is 2.07. The number of nitrogens with zero attached hydrogens (tertiary/aromatic N) is 1. The molecule has 0 saturated carbocycles. The maximum Gasteiger partial charge on any atom is 0.344 e. The van der Waals surface area contributed by atoms with Crippen LogP contribution in [0.3, 0.4) is 0 Å². The van der Waals surface area contributed by atoms with Gasteiger partial charge in [-0.15, -0.1) is 0 Å². The molecule has 0 aliphatic heterocycles. The number of aliphatic imine (C=N–C) groups is 1. The zero-order valence-corrected chi connectivity index (χ0v) is 14.8. The first-order chi connectivity index (χ1) is 12.0. The Bertz CT molecular complexity index is 595. The van der Waals surface area contributed by atoms with Crippen molar-refractivity contribution in [3.63, 3.8) is 0 Å². The molecule has 1 rings (SSSR count). The van der Waals surface area contributed by atoms with E-state index >= 15 is 0 Å². The quantitative estimate of drug-likeness (QED) is 0.224. The van der Waals surface area contributed by atoms with Crippen LogP contribution in [0.4, 0.5) is 0 Å². The number of carbonyl (C=O) groups excluding carboxylic acids is 3. The lowest BCUT2D eigenvalue weighted by atomic mass is 10.2. The molecule has 25 heavy (non-hydrogen) atoms. The van der Waals surface area contributed by atoms with Crippen LogP contribution in [0.25, 0.3) is 0 Å². The van der Waals surface area contributed by atoms with Gasteiger partial charge in [0, 0.05) is 19.9 Å². The van der Waals surface area contributed by atoms with E-state index < -0.39 is 17.9 Å². The van der Waals surface area contributed by atoms with Gasteiger partial charge in [0.25, 0.3) is 0 Å². The first kappa shape index (κ1) is 20.5. The lowest BCUT2D eigenvalue weighted by Gasteiger charge is -2.08. The summed E-state index contributed by atoms with van der Waals surface area (Å²) in [6, 6.07) is 8.57. The van der Waals surface area contributed by atoms with Crippen LogP contribution in [-0.4, -0.2) is 30.4 Å². The van der Waals surface area contributed by atoms with E-state index in [4.69, 9.17) is 4.74 Å². The second kappa shape index (κ2) is 11.9. The molecule has 1 aromatic rings. The Morgan fingerprint density at radius 3 is 2.32 bits per heavy atom. The second-order valence-electron chi connectivity index (χ2n) is 5.56. The Hall–Kier alpha value is -2.50. The Balaban J connectivity index is 2.63. The molecule has 0 amide bonds. The summed E-state index contributed by atoms with van der Waals surface area (Å²) in [5, 5.41) is 0. The fraction of sp³-hybridized carbons (Fsp3) is 0.474. The molecule has 0 unspecified atom stereocenters. The molecule has 0 fully saturated rings. The van der Waals surface area contributed by atoms with Gasteiger partial charge in [-0.05, 0) is 18.6 Å². The van der Waals surface area contributed by atoms with Gasteiger partial charge < -0.3 is 9.47 Å². The summed E-state index contributed by atoms with van der Waals surface area (Å²) in [6.45, 7) is 3.81. The largest absolute Gasteiger partial charge is 0.408 e. The molecular weight excluding hydrogens is 322 g/mol. The maximum absolute atomic E-state index is 12.1. The van der Waals surface area contributed by atoms with Crippen LogP contribution < -0.4 is 0 Å². The number of esters is 3. The van der Waals surface area contributed by atoms with Gasteiger partial charge in [0.1, 0.15) is 0 Å². The molecule has 1 aromatic carbocycles. The molecule has 0 spiro atoms. The monoisotopic (exact) mass is 347 g/mol. The van der Waals surface area contributed by atoms with Crippen LogP contribution in [0.2, 0.25) is 0 Å². The van der Waals surface area contributed by atoms with Crippen molar-refractivity contribution in [3.8, 4) is 0 Å². The number of benzene rings is 1. The Morgan fingerprint density at radius 1 is 0.960 bits per heavy atom. The minimum Gasteiger partial charge on any atom is -0.408 e. The van der Waals surface area contributed by atoms with Crippen molar-refractivity contribution in [1.29, 1.82) is 0 Å². The third-order valence-electron chi connectivity index (χ3n) is 3.32. The number of hydrogen-bond donors (Lipinski definition) is 0. The molecule has 0 bridgehead atoms. The van der Waals surface area contributed by atoms with Crippen LogP contribution in [0.5, 0.6) is 0 Å². The number of carbonyl (C=O) groups is 3. The highest BCUT2D eigenvalue weighted by molar-refractivity contribution is 5.99. The average molecular weight is 347 g/mol. The summed E-state index contributed by atoms with van der Waals surface area (Å²) in [4.78, 5) is 38.7. The van der Waals surface area contributed by atoms with E-state index in [1.54, 1.807) is 30.3 Å². The normalized spacial score (nSPS) is 11.0. The average Bonchev–Trinajstić information content (AvgIpc) is 2.59. The summed E-state index contributed by atoms with van der Waals surface area (Å²) in [5.74, 6) is -1.66. The minimum atomic E-state index is -0.665. The summed E-state index contributed by atoms with van der Waals surface area (Å²) < 4.78 is 9.79. The summed E-state index contributed by atoms with van der Waals surface area (Å²) >= 11 is 0. The summed E-state index contributed by atoms with van der Waals surface area (Å²) in [5.41, 5.74) is 0.410. The van der Waals surface area contributed by atoms with E-state index in [1.165, 1.54) is 0 Å². The van der Waals surface area contributed by atoms with Crippen LogP contribution in [-0.2, 0) is 19.1 Å². The molecule has 0 N–H and O–H groups in total. The lowest BCUT2D eigenvalue weighted by Crippen LogP contribution is -2.16. The fourth-order valence-corrected chi connectivity index (χ4v) is 2.07. The van der Waals surface area contributed by atoms with Crippen LogP contribution >= 0.6 is 0 Å². The zero-order chi connectivity index (χ0) is 18.5. The van der Waals surface area contributed by atoms with Gasteiger partial charge >= 0.3 is 17.9 Å². The number of hydrogen-bond acceptors (Lipinski definition) is 6. The minimum absolute atomic E-state index is 0.0740. The molecule has 136 valence electrons. The first-order valence-corrected chi connectivity index (χ1v) is 8.54. The molecule has 6 heteroatoms. The van der Waals surface area contributed by atoms with Gasteiger partial charge in [0.2, 0.25) is 0 Å². The molecule has 0 atom stereocenters. The van der Waals surface area contributed by atoms with Gasteiger partial charge in [-0.1, -0.05) is 44.4 Å². The summed E-state index contributed by atoms with van der Waals surface area (Å²) in [6.07, 6.45) is 4.22. The van der Waals surface area contributed by atoms with Crippen LogP contribution in [0.15, 0.2) is 35.3 Å². The predicted molar refractivity (Wildman–Crippen MR) is 94.3 cm³/mol. The molecule has 0 aliphatic rings. The van der Waals surface area contributed by atoms with Gasteiger partial charge in [0.05, 0.1) is 12.0 Å². The van der Waals surface area contributed by atoms with Crippen molar-refractivity contribution in [2.24, 2.45) is 4.99 Å². The standard InChI is InChI=1S/C19H25NO5/c1-3-4-5-9-14-20-17(12-13-18(22)24-15(2)21)25-19(23)16-10-7-6-8-11-16/h6-8,10-11H,3-5,9,12-14H2,1-2H3. The van der Waals surface area contributed by atoms with Crippen LogP contribution in [0.1, 0.15) is 62.7 Å². The molecule has 0 radical (unpaired) electrons. The highest BCUT2D eigenvalue weighted by Gasteiger charge is 2.14. The molecule has 0 aliphatic carbocycles. The highest BCUT2D eigenvalue weighted by atomic mass is 16.6. The first-order valence-electron chi connectivity index (χ1n) is 8.54. The van der Waals surface area contributed by atoms with E-state index in [0.29, 0.717) is 12.1 Å². The maximum atomic E-state index is 12.1. The number of unbranched alkanes of at least 4 members (excludes halogenated alkanes) is 3. The predicted octanol–water partition coefficient (Wildman–Crippen LogP) is 3.69. The molecule has 0 aromatic heterocycles. The molecule has 0 saturated heterocycles. The fourth-order valence-electron chi connectivity index (χ4n) is 2.07. The zero-order valence-electron chi connectivity index (χ0n) is 14.8. The Kier molecular flexibility index (Phi) is 9.82. The third-order valence-corrected chi connectivity index (χ3v) is 3.32. The third kappa shape index (κ3) is 9.39. The van der Waals surface area contributed by atoms with Crippen molar-refractivity contribution < 1.29 is 23.9 Å². The van der Waals surface area contributed by atoms with Gasteiger partial charge in [0.15, 0.2) is 5.90 Å². The van der Waals surface area contributed by atoms with Gasteiger partial charge in [-0.25, -0.2) is 4.79 Å². The van der Waals surface area contributed by atoms with Crippen LogP contribution in [0, 0.1) is 0 Å². The van der Waals surface area contributed by atoms with Crippen molar-refractivity contribution >= 4 is 23.8 Å². The molecular formula is C19H25NO5.